The highest BCUT2D eigenvalue weighted by molar-refractivity contribution is 6.06. The minimum Gasteiger partial charge on any atom is -0.183 e. The smallest absolute Gasteiger partial charge is 0.183 e. The van der Waals surface area contributed by atoms with Crippen LogP contribution in [0.5, 0.6) is 0 Å². The number of allylic oxidation sites excluding steroid dienone is 7. The molecule has 6 aromatic carbocycles. The summed E-state index contributed by atoms with van der Waals surface area (Å²) >= 11 is 0. The fourth-order valence-electron chi connectivity index (χ4n) is 14.2. The molecule has 3 heteroatoms. The molecule has 3 aromatic heterocycles. The van der Waals surface area contributed by atoms with Crippen LogP contribution in [0, 0.1) is 0 Å². The number of aromatic nitrogens is 3. The zero-order valence-corrected chi connectivity index (χ0v) is 36.0. The predicted octanol–water partition coefficient (Wildman–Crippen LogP) is 12.2. The standard InChI is InChI=1S/C63H40N3/c1-39-53-37-61-57-38-62(54-30-26-41-34-40(45-15-3-6-18-49(45)54)23-27-47(41)58-20-8-11-31-64(39)58)63(61,55-35-42(44-14-2-5-17-48(44)53)24-28-51(55)59-21-9-12-32-65(59)61)56-36-43(46-16-4-7-19-50(46)57)25-29-52(56)60-22-10-13-33-66(60)62/h2-25,27-38H,1,26H2/q+3/b53-37+,54-30-. The van der Waals surface area contributed by atoms with E-state index >= 15 is 0 Å². The van der Waals surface area contributed by atoms with E-state index in [1.54, 1.807) is 0 Å². The maximum Gasteiger partial charge on any atom is 0.235 e. The molecule has 3 unspecified atom stereocenters. The summed E-state index contributed by atoms with van der Waals surface area (Å²) in [5.41, 5.74) is 24.3. The lowest BCUT2D eigenvalue weighted by Crippen LogP contribution is -2.79. The van der Waals surface area contributed by atoms with Gasteiger partial charge in [0.2, 0.25) is 33.9 Å². The summed E-state index contributed by atoms with van der Waals surface area (Å²) in [7, 11) is 0. The van der Waals surface area contributed by atoms with Crippen LogP contribution in [0.2, 0.25) is 0 Å². The van der Waals surface area contributed by atoms with E-state index < -0.39 is 16.5 Å². The van der Waals surface area contributed by atoms with Crippen molar-refractivity contribution in [3.63, 3.8) is 0 Å². The third kappa shape index (κ3) is 3.80. The van der Waals surface area contributed by atoms with Crippen molar-refractivity contribution in [2.75, 3.05) is 0 Å². The second-order valence-electron chi connectivity index (χ2n) is 19.1. The highest BCUT2D eigenvalue weighted by Gasteiger charge is 2.84. The van der Waals surface area contributed by atoms with Gasteiger partial charge < -0.3 is 0 Å². The molecule has 7 aliphatic rings. The van der Waals surface area contributed by atoms with Crippen LogP contribution < -0.4 is 13.7 Å². The normalized spacial score (nSPS) is 23.3. The van der Waals surface area contributed by atoms with E-state index in [1.165, 1.54) is 100 Å². The first kappa shape index (κ1) is 35.1. The molecule has 66 heavy (non-hydrogen) atoms. The molecule has 9 aromatic rings. The minimum atomic E-state index is -0.882. The SMILES string of the molecule is C=C1/C2=C\C34C5=CC6(/C7=C\Cc8cc(ccc8-c8cccc[n+]81)-c1ccccc17)[n+]1ccccc1-c1ccc(cc1C36c1cc(ccc1-c1cccc[n+]14)-c1ccccc12)-c1ccccc15. The Bertz CT molecular complexity index is 3900. The maximum atomic E-state index is 5.22. The van der Waals surface area contributed by atoms with E-state index in [9.17, 15) is 0 Å². The lowest BCUT2D eigenvalue weighted by atomic mass is 9.47. The van der Waals surface area contributed by atoms with Crippen LogP contribution >= 0.6 is 0 Å². The molecule has 0 fully saturated rings. The number of rotatable bonds is 0. The van der Waals surface area contributed by atoms with E-state index in [-0.39, 0.29) is 0 Å². The van der Waals surface area contributed by atoms with Gasteiger partial charge in [-0.05, 0) is 134 Å². The predicted molar refractivity (Wildman–Crippen MR) is 262 cm³/mol. The van der Waals surface area contributed by atoms with Crippen LogP contribution in [0.1, 0.15) is 33.4 Å². The van der Waals surface area contributed by atoms with Crippen LogP contribution in [-0.4, -0.2) is 0 Å². The Kier molecular flexibility index (Phi) is 6.33. The highest BCUT2D eigenvalue weighted by atomic mass is 15.2. The van der Waals surface area contributed by atoms with E-state index in [1.807, 2.05) is 0 Å². The largest absolute Gasteiger partial charge is 0.235 e. The number of nitrogens with zero attached hydrogens (tertiary/aromatic N) is 3. The summed E-state index contributed by atoms with van der Waals surface area (Å²) in [4.78, 5) is 0. The van der Waals surface area contributed by atoms with E-state index in [0.29, 0.717) is 0 Å². The first-order valence-corrected chi connectivity index (χ1v) is 23.2. The topological polar surface area (TPSA) is 11.6 Å². The second kappa shape index (κ2) is 11.9. The third-order valence-corrected chi connectivity index (χ3v) is 16.5. The number of benzene rings is 6. The Labute approximate surface area is 383 Å². The summed E-state index contributed by atoms with van der Waals surface area (Å²) < 4.78 is 7.75. The van der Waals surface area contributed by atoms with Crippen molar-refractivity contribution in [3.05, 3.63) is 259 Å². The van der Waals surface area contributed by atoms with E-state index in [4.69, 9.17) is 6.58 Å². The van der Waals surface area contributed by atoms with Crippen LogP contribution in [0.25, 0.3) is 89.6 Å². The fourth-order valence-corrected chi connectivity index (χ4v) is 14.2. The molecule has 6 heterocycles. The van der Waals surface area contributed by atoms with Gasteiger partial charge in [0.05, 0.1) is 22.3 Å². The molecule has 12 bridgehead atoms. The zero-order chi connectivity index (χ0) is 43.1. The van der Waals surface area contributed by atoms with Crippen LogP contribution in [0.3, 0.4) is 0 Å². The van der Waals surface area contributed by atoms with Gasteiger partial charge >= 0.3 is 0 Å². The van der Waals surface area contributed by atoms with Crippen molar-refractivity contribution in [2.24, 2.45) is 0 Å². The minimum absolute atomic E-state index is 0.744. The van der Waals surface area contributed by atoms with Gasteiger partial charge in [0.15, 0.2) is 24.0 Å². The molecule has 0 radical (unpaired) electrons. The second-order valence-corrected chi connectivity index (χ2v) is 19.1. The highest BCUT2D eigenvalue weighted by Crippen LogP contribution is 2.74. The average Bonchev–Trinajstić information content (AvgIpc) is 3.66. The molecular weight excluding hydrogens is 799 g/mol. The molecule has 4 aliphatic carbocycles. The van der Waals surface area contributed by atoms with Gasteiger partial charge in [0, 0.05) is 59.7 Å². The fraction of sp³-hybridized carbons (Fsp3) is 0.0635. The van der Waals surface area contributed by atoms with Crippen LogP contribution in [0.4, 0.5) is 0 Å². The van der Waals surface area contributed by atoms with Gasteiger partial charge in [-0.2, -0.15) is 13.7 Å². The lowest BCUT2D eigenvalue weighted by Gasteiger charge is -2.54. The van der Waals surface area contributed by atoms with Crippen molar-refractivity contribution >= 4 is 22.4 Å². The summed E-state index contributed by atoms with van der Waals surface area (Å²) in [6.45, 7) is 5.22. The maximum absolute atomic E-state index is 5.22. The van der Waals surface area contributed by atoms with Gasteiger partial charge in [-0.15, -0.1) is 0 Å². The van der Waals surface area contributed by atoms with Crippen LogP contribution in [-0.2, 0) is 22.9 Å². The molecule has 16 rings (SSSR count). The molecule has 304 valence electrons. The van der Waals surface area contributed by atoms with Crippen molar-refractivity contribution in [3.8, 4) is 67.2 Å². The first-order valence-electron chi connectivity index (χ1n) is 23.2. The molecule has 3 aliphatic heterocycles. The molecule has 0 saturated heterocycles. The van der Waals surface area contributed by atoms with Gasteiger partial charge in [-0.1, -0.05) is 97.1 Å². The van der Waals surface area contributed by atoms with Crippen molar-refractivity contribution in [1.29, 1.82) is 0 Å². The quantitative estimate of drug-likeness (QED) is 0.135. The summed E-state index contributed by atoms with van der Waals surface area (Å²) in [6.07, 6.45) is 15.8. The first-order chi connectivity index (χ1) is 32.6. The summed E-state index contributed by atoms with van der Waals surface area (Å²) in [5, 5.41) is 0. The number of hydrogen-bond acceptors (Lipinski definition) is 0. The Hall–Kier alpha value is -8.27. The van der Waals surface area contributed by atoms with Crippen molar-refractivity contribution < 1.29 is 13.7 Å². The Morgan fingerprint density at radius 1 is 0.394 bits per heavy atom. The molecular formula is C63H40N3+3. The Balaban J connectivity index is 1.26. The molecule has 3 atom stereocenters. The van der Waals surface area contributed by atoms with E-state index in [0.717, 1.165) is 28.9 Å². The van der Waals surface area contributed by atoms with Crippen molar-refractivity contribution in [2.45, 2.75) is 22.9 Å². The van der Waals surface area contributed by atoms with E-state index in [2.05, 4.69) is 233 Å². The van der Waals surface area contributed by atoms with Crippen molar-refractivity contribution in [1.82, 2.24) is 0 Å². The number of pyridine rings is 3. The molecule has 0 amide bonds. The molecule has 0 saturated carbocycles. The third-order valence-electron chi connectivity index (χ3n) is 16.5. The van der Waals surface area contributed by atoms with Gasteiger partial charge in [0.1, 0.15) is 0 Å². The zero-order valence-electron chi connectivity index (χ0n) is 36.0. The summed E-state index contributed by atoms with van der Waals surface area (Å²) in [5.74, 6) is 0. The van der Waals surface area contributed by atoms with Gasteiger partial charge in [-0.3, -0.25) is 0 Å². The lowest BCUT2D eigenvalue weighted by molar-refractivity contribution is -0.776. The van der Waals surface area contributed by atoms with Gasteiger partial charge in [-0.25, -0.2) is 0 Å². The monoisotopic (exact) mass is 838 g/mol. The number of fused-ring (bicyclic) bond motifs is 19. The summed E-state index contributed by atoms with van der Waals surface area (Å²) in [6, 6.07) is 69.8. The van der Waals surface area contributed by atoms with Crippen LogP contribution in [0.15, 0.2) is 225 Å². The molecule has 3 nitrogen and oxygen atoms in total. The Morgan fingerprint density at radius 2 is 0.879 bits per heavy atom. The molecule has 0 N–H and O–H groups in total. The van der Waals surface area contributed by atoms with Gasteiger partial charge in [0.25, 0.3) is 0 Å². The Morgan fingerprint density at radius 3 is 1.52 bits per heavy atom. The number of hydrogen-bond donors (Lipinski definition) is 0. The molecule has 1 spiro atoms. The average molecular weight is 839 g/mol.